The first-order valence-corrected chi connectivity index (χ1v) is 7.36. The average molecular weight is 294 g/mol. The topological polar surface area (TPSA) is 97.6 Å². The van der Waals surface area contributed by atoms with Crippen LogP contribution in [0, 0.1) is 16.0 Å². The van der Waals surface area contributed by atoms with Gasteiger partial charge in [-0.05, 0) is 18.6 Å². The summed E-state index contributed by atoms with van der Waals surface area (Å²) in [6, 6.07) is 4.10. The number of hydrogen-bond acceptors (Lipinski definition) is 5. The third-order valence-electron chi connectivity index (χ3n) is 3.55. The molecule has 20 heavy (non-hydrogen) atoms. The first-order chi connectivity index (χ1) is 9.43. The molecule has 1 heterocycles. The highest BCUT2D eigenvalue weighted by atomic mass is 32.2. The van der Waals surface area contributed by atoms with Gasteiger partial charge >= 0.3 is 0 Å². The molecule has 0 radical (unpaired) electrons. The maximum absolute atomic E-state index is 12.4. The summed E-state index contributed by atoms with van der Waals surface area (Å²) >= 11 is 0. The summed E-state index contributed by atoms with van der Waals surface area (Å²) in [6.45, 7) is 0. The van der Waals surface area contributed by atoms with Crippen LogP contribution in [0.2, 0.25) is 0 Å². The summed E-state index contributed by atoms with van der Waals surface area (Å²) in [5, 5.41) is 10.5. The lowest BCUT2D eigenvalue weighted by molar-refractivity contribution is -0.384. The highest BCUT2D eigenvalue weighted by Gasteiger charge is 2.53. The van der Waals surface area contributed by atoms with Gasteiger partial charge in [-0.3, -0.25) is 14.9 Å². The maximum atomic E-state index is 12.4. The zero-order chi connectivity index (χ0) is 14.5. The molecule has 1 aliphatic heterocycles. The van der Waals surface area contributed by atoms with E-state index in [0.29, 0.717) is 6.42 Å². The van der Waals surface area contributed by atoms with E-state index in [4.69, 9.17) is 0 Å². The van der Waals surface area contributed by atoms with Crippen LogP contribution in [0.25, 0.3) is 0 Å². The molecule has 104 valence electrons. The molecule has 0 bridgehead atoms. The first kappa shape index (κ1) is 12.8. The van der Waals surface area contributed by atoms with E-state index in [2.05, 4.69) is 0 Å². The van der Waals surface area contributed by atoms with E-state index in [1.165, 1.54) is 0 Å². The Kier molecular flexibility index (Phi) is 2.65. The number of sulfonamides is 1. The number of β-lactam (4-membered cyclic amide) rings is 1. The second-order valence-electron chi connectivity index (χ2n) is 4.65. The second-order valence-corrected chi connectivity index (χ2v) is 6.47. The summed E-state index contributed by atoms with van der Waals surface area (Å²) in [6.07, 6.45) is 4.06. The number of nitro benzene ring substituents is 1. The monoisotopic (exact) mass is 294 g/mol. The van der Waals surface area contributed by atoms with Crippen LogP contribution in [0.3, 0.4) is 0 Å². The number of carbonyl (C=O) groups is 1. The van der Waals surface area contributed by atoms with Gasteiger partial charge in [0, 0.05) is 12.1 Å². The summed E-state index contributed by atoms with van der Waals surface area (Å²) < 4.78 is 25.5. The van der Waals surface area contributed by atoms with E-state index in [-0.39, 0.29) is 16.5 Å². The van der Waals surface area contributed by atoms with Crippen molar-refractivity contribution in [1.82, 2.24) is 4.31 Å². The molecule has 3 rings (SSSR count). The Balaban J connectivity index is 1.94. The molecule has 7 nitrogen and oxygen atoms in total. The van der Waals surface area contributed by atoms with Crippen LogP contribution in [-0.2, 0) is 14.8 Å². The van der Waals surface area contributed by atoms with E-state index in [1.807, 2.05) is 0 Å². The van der Waals surface area contributed by atoms with Crippen molar-refractivity contribution in [2.45, 2.75) is 17.4 Å². The largest absolute Gasteiger partial charge is 0.273 e. The normalized spacial score (nSPS) is 24.4. The van der Waals surface area contributed by atoms with E-state index in [1.54, 1.807) is 12.2 Å². The fraction of sp³-hybridized carbons (Fsp3) is 0.250. The Morgan fingerprint density at radius 1 is 1.25 bits per heavy atom. The van der Waals surface area contributed by atoms with Crippen molar-refractivity contribution in [3.63, 3.8) is 0 Å². The summed E-state index contributed by atoms with van der Waals surface area (Å²) in [5.74, 6) is -0.693. The van der Waals surface area contributed by atoms with Crippen molar-refractivity contribution in [3.05, 3.63) is 46.5 Å². The predicted molar refractivity (Wildman–Crippen MR) is 68.2 cm³/mol. The fourth-order valence-electron chi connectivity index (χ4n) is 2.49. The lowest BCUT2D eigenvalue weighted by Gasteiger charge is -2.41. The predicted octanol–water partition coefficient (Wildman–Crippen LogP) is 1.07. The number of rotatable bonds is 3. The third-order valence-corrected chi connectivity index (χ3v) is 5.35. The van der Waals surface area contributed by atoms with Crippen LogP contribution < -0.4 is 0 Å². The van der Waals surface area contributed by atoms with Crippen molar-refractivity contribution < 1.29 is 18.1 Å². The fourth-order valence-corrected chi connectivity index (χ4v) is 4.10. The number of non-ortho nitro benzene ring substituents is 1. The molecule has 1 aromatic carbocycles. The first-order valence-electron chi connectivity index (χ1n) is 5.92. The van der Waals surface area contributed by atoms with Gasteiger partial charge in [-0.1, -0.05) is 12.2 Å². The molecule has 2 atom stereocenters. The number of amides is 1. The lowest BCUT2D eigenvalue weighted by Crippen LogP contribution is -2.60. The van der Waals surface area contributed by atoms with Crippen molar-refractivity contribution in [2.24, 2.45) is 5.92 Å². The van der Waals surface area contributed by atoms with Crippen LogP contribution in [0.4, 0.5) is 5.69 Å². The standard InChI is InChI=1S/C12H10N2O5S/c15-12-10-2-1-3-11(10)13(12)20(18,19)9-6-4-8(5-7-9)14(16)17/h1,3-7,10-11H,2H2/t10-,11?/m0/s1. The van der Waals surface area contributed by atoms with Gasteiger partial charge in [-0.25, -0.2) is 12.7 Å². The van der Waals surface area contributed by atoms with Crippen LogP contribution in [0.15, 0.2) is 41.3 Å². The third kappa shape index (κ3) is 1.64. The molecule has 1 unspecified atom stereocenters. The molecule has 1 amide bonds. The average Bonchev–Trinajstić information content (AvgIpc) is 2.82. The molecule has 0 spiro atoms. The Morgan fingerprint density at radius 2 is 1.90 bits per heavy atom. The van der Waals surface area contributed by atoms with Gasteiger partial charge in [0.1, 0.15) is 0 Å². The Labute approximate surface area is 114 Å². The molecule has 0 N–H and O–H groups in total. The summed E-state index contributed by atoms with van der Waals surface area (Å²) in [5.41, 5.74) is -0.197. The van der Waals surface area contributed by atoms with E-state index in [0.717, 1.165) is 28.6 Å². The summed E-state index contributed by atoms with van der Waals surface area (Å²) in [7, 11) is -3.94. The van der Waals surface area contributed by atoms with E-state index < -0.39 is 26.9 Å². The molecule has 8 heteroatoms. The smallest absolute Gasteiger partial charge is 0.269 e. The number of benzene rings is 1. The van der Waals surface area contributed by atoms with Gasteiger partial charge in [-0.15, -0.1) is 0 Å². The molecule has 0 saturated carbocycles. The van der Waals surface area contributed by atoms with Crippen LogP contribution in [0.5, 0.6) is 0 Å². The number of nitro groups is 1. The molecule has 1 fully saturated rings. The Hall–Kier alpha value is -2.22. The minimum Gasteiger partial charge on any atom is -0.273 e. The molecule has 1 aromatic rings. The highest BCUT2D eigenvalue weighted by molar-refractivity contribution is 7.89. The number of carbonyl (C=O) groups excluding carboxylic acids is 1. The quantitative estimate of drug-likeness (QED) is 0.359. The zero-order valence-corrected chi connectivity index (χ0v) is 11.0. The van der Waals surface area contributed by atoms with Gasteiger partial charge in [0.2, 0.25) is 5.91 Å². The van der Waals surface area contributed by atoms with Crippen LogP contribution in [-0.4, -0.2) is 29.6 Å². The number of allylic oxidation sites excluding steroid dienone is 1. The van der Waals surface area contributed by atoms with Crippen molar-refractivity contribution in [3.8, 4) is 0 Å². The van der Waals surface area contributed by atoms with Crippen molar-refractivity contribution in [2.75, 3.05) is 0 Å². The van der Waals surface area contributed by atoms with Gasteiger partial charge < -0.3 is 0 Å². The van der Waals surface area contributed by atoms with Crippen LogP contribution in [0.1, 0.15) is 6.42 Å². The molecule has 2 aliphatic rings. The zero-order valence-electron chi connectivity index (χ0n) is 10.2. The number of fused-ring (bicyclic) bond motifs is 1. The molecule has 1 saturated heterocycles. The van der Waals surface area contributed by atoms with Gasteiger partial charge in [-0.2, -0.15) is 0 Å². The molecule has 0 aromatic heterocycles. The number of nitrogens with zero attached hydrogens (tertiary/aromatic N) is 2. The molecular weight excluding hydrogens is 284 g/mol. The minimum atomic E-state index is -3.94. The van der Waals surface area contributed by atoms with Gasteiger partial charge in [0.15, 0.2) is 0 Å². The Morgan fingerprint density at radius 3 is 2.50 bits per heavy atom. The van der Waals surface area contributed by atoms with E-state index in [9.17, 15) is 23.3 Å². The summed E-state index contributed by atoms with van der Waals surface area (Å²) in [4.78, 5) is 21.7. The minimum absolute atomic E-state index is 0.116. The SMILES string of the molecule is O=C1[C@H]2CC=CC2N1S(=O)(=O)c1ccc([N+](=O)[O-])cc1. The van der Waals surface area contributed by atoms with Crippen LogP contribution >= 0.6 is 0 Å². The van der Waals surface area contributed by atoms with Gasteiger partial charge in [0.05, 0.1) is 21.8 Å². The highest BCUT2D eigenvalue weighted by Crippen LogP contribution is 2.39. The lowest BCUT2D eigenvalue weighted by atomic mass is 9.94. The maximum Gasteiger partial charge on any atom is 0.269 e. The second kappa shape index (κ2) is 4.14. The van der Waals surface area contributed by atoms with Crippen molar-refractivity contribution in [1.29, 1.82) is 0 Å². The van der Waals surface area contributed by atoms with Gasteiger partial charge in [0.25, 0.3) is 15.7 Å². The molecular formula is C12H10N2O5S. The van der Waals surface area contributed by atoms with Crippen molar-refractivity contribution >= 4 is 21.6 Å². The Bertz CT molecular complexity index is 723. The number of hydrogen-bond donors (Lipinski definition) is 0. The molecule has 1 aliphatic carbocycles. The van der Waals surface area contributed by atoms with E-state index >= 15 is 0 Å².